The van der Waals surface area contributed by atoms with Gasteiger partial charge in [0.2, 0.25) is 0 Å². The molecule has 1 aromatic carbocycles. The van der Waals surface area contributed by atoms with Gasteiger partial charge in [0, 0.05) is 0 Å². The van der Waals surface area contributed by atoms with Crippen LogP contribution in [0, 0.1) is 11.3 Å². The average Bonchev–Trinajstić information content (AvgIpc) is 2.47. The lowest BCUT2D eigenvalue weighted by molar-refractivity contribution is 0.0632. The topological polar surface area (TPSA) is 0 Å². The van der Waals surface area contributed by atoms with Gasteiger partial charge in [0.1, 0.15) is 0 Å². The Labute approximate surface area is 130 Å². The van der Waals surface area contributed by atoms with E-state index < -0.39 is 0 Å². The molecule has 1 saturated carbocycles. The van der Waals surface area contributed by atoms with Crippen LogP contribution in [-0.4, -0.2) is 0 Å². The van der Waals surface area contributed by atoms with Gasteiger partial charge < -0.3 is 0 Å². The maximum atomic E-state index is 2.52. The molecule has 0 heteroatoms. The molecule has 2 aliphatic rings. The third-order valence-corrected chi connectivity index (χ3v) is 6.09. The van der Waals surface area contributed by atoms with Crippen LogP contribution in [-0.2, 0) is 11.8 Å². The third-order valence-electron chi connectivity index (χ3n) is 6.09. The molecule has 1 aromatic rings. The Hall–Kier alpha value is -1.30. The molecule has 0 N–H and O–H groups in total. The Kier molecular flexibility index (Phi) is 3.82. The Morgan fingerprint density at radius 2 is 1.90 bits per heavy atom. The molecule has 0 nitrogen and oxygen atoms in total. The lowest BCUT2D eigenvalue weighted by Gasteiger charge is -2.54. The first-order valence-corrected chi connectivity index (χ1v) is 8.49. The molecule has 21 heavy (non-hydrogen) atoms. The number of hydrogen-bond donors (Lipinski definition) is 0. The van der Waals surface area contributed by atoms with Gasteiger partial charge in [-0.05, 0) is 60.5 Å². The second kappa shape index (κ2) is 5.48. The molecule has 0 bridgehead atoms. The molecule has 1 fully saturated rings. The summed E-state index contributed by atoms with van der Waals surface area (Å²) in [6, 6.07) is 9.17. The van der Waals surface area contributed by atoms with E-state index in [9.17, 15) is 0 Å². The SMILES string of the molecule is C/C=C/C=C/[C@@]1(C)CCC[C@@]2(C)c3ccccc3CC[C@H]12. The standard InChI is InChI=1S/C21H28/c1-4-5-8-14-20(2)15-9-16-21(3)18-11-7-6-10-17(18)12-13-19(20)21/h4-8,10-11,14,19H,9,12-13,15-16H2,1-3H3/b5-4+,14-8+/t19-,20+,21+/m1/s1. The maximum Gasteiger partial charge on any atom is -0.00360 e. The lowest BCUT2D eigenvalue weighted by Crippen LogP contribution is -2.48. The smallest absolute Gasteiger partial charge is 0.00360 e. The molecular weight excluding hydrogens is 252 g/mol. The monoisotopic (exact) mass is 280 g/mol. The molecule has 3 atom stereocenters. The fourth-order valence-electron chi connectivity index (χ4n) is 5.06. The summed E-state index contributed by atoms with van der Waals surface area (Å²) in [6.45, 7) is 7.11. The van der Waals surface area contributed by atoms with Crippen molar-refractivity contribution >= 4 is 0 Å². The van der Waals surface area contributed by atoms with Crippen molar-refractivity contribution in [3.63, 3.8) is 0 Å². The zero-order valence-electron chi connectivity index (χ0n) is 13.7. The van der Waals surface area contributed by atoms with Gasteiger partial charge in [-0.25, -0.2) is 0 Å². The van der Waals surface area contributed by atoms with E-state index in [1.807, 2.05) is 0 Å². The van der Waals surface area contributed by atoms with E-state index in [-0.39, 0.29) is 0 Å². The van der Waals surface area contributed by atoms with E-state index in [1.54, 1.807) is 11.1 Å². The quantitative estimate of drug-likeness (QED) is 0.598. The lowest BCUT2D eigenvalue weighted by atomic mass is 9.50. The molecule has 0 spiro atoms. The van der Waals surface area contributed by atoms with Crippen molar-refractivity contribution in [2.24, 2.45) is 11.3 Å². The van der Waals surface area contributed by atoms with Crippen molar-refractivity contribution in [3.05, 3.63) is 59.7 Å². The van der Waals surface area contributed by atoms with E-state index in [4.69, 9.17) is 0 Å². The highest BCUT2D eigenvalue weighted by Gasteiger charge is 2.50. The summed E-state index contributed by atoms with van der Waals surface area (Å²) in [5.74, 6) is 0.773. The van der Waals surface area contributed by atoms with Gasteiger partial charge in [-0.2, -0.15) is 0 Å². The van der Waals surface area contributed by atoms with E-state index >= 15 is 0 Å². The highest BCUT2D eigenvalue weighted by atomic mass is 14.5. The minimum absolute atomic E-state index is 0.347. The molecule has 0 aromatic heterocycles. The molecule has 0 unspecified atom stereocenters. The summed E-state index contributed by atoms with van der Waals surface area (Å²) in [4.78, 5) is 0. The Morgan fingerprint density at radius 1 is 1.10 bits per heavy atom. The summed E-state index contributed by atoms with van der Waals surface area (Å²) in [5, 5.41) is 0. The highest BCUT2D eigenvalue weighted by molar-refractivity contribution is 5.39. The van der Waals surface area contributed by atoms with Gasteiger partial charge >= 0.3 is 0 Å². The van der Waals surface area contributed by atoms with Crippen LogP contribution in [0.1, 0.15) is 57.6 Å². The molecule has 2 aliphatic carbocycles. The minimum Gasteiger partial charge on any atom is -0.0877 e. The average molecular weight is 280 g/mol. The molecule has 3 rings (SSSR count). The molecule has 0 heterocycles. The van der Waals surface area contributed by atoms with Crippen molar-refractivity contribution in [1.29, 1.82) is 0 Å². The van der Waals surface area contributed by atoms with Crippen LogP contribution in [0.3, 0.4) is 0 Å². The molecule has 0 saturated heterocycles. The predicted octanol–water partition coefficient (Wildman–Crippen LogP) is 5.83. The van der Waals surface area contributed by atoms with E-state index in [0.717, 1.165) is 5.92 Å². The van der Waals surface area contributed by atoms with Crippen LogP contribution in [0.4, 0.5) is 0 Å². The van der Waals surface area contributed by atoms with Gasteiger partial charge in [-0.3, -0.25) is 0 Å². The first-order chi connectivity index (χ1) is 10.1. The molecular formula is C21H28. The Bertz CT molecular complexity index is 565. The summed E-state index contributed by atoms with van der Waals surface area (Å²) in [5.41, 5.74) is 3.94. The van der Waals surface area contributed by atoms with E-state index in [2.05, 4.69) is 69.3 Å². The highest BCUT2D eigenvalue weighted by Crippen LogP contribution is 2.57. The largest absolute Gasteiger partial charge is 0.0877 e. The van der Waals surface area contributed by atoms with Gasteiger partial charge in [0.15, 0.2) is 0 Å². The van der Waals surface area contributed by atoms with Gasteiger partial charge in [-0.15, -0.1) is 0 Å². The number of rotatable bonds is 2. The first kappa shape index (κ1) is 14.6. The normalized spacial score (nSPS) is 35.9. The van der Waals surface area contributed by atoms with Crippen molar-refractivity contribution in [2.45, 2.75) is 58.3 Å². The molecule has 0 amide bonds. The fourth-order valence-corrected chi connectivity index (χ4v) is 5.06. The van der Waals surface area contributed by atoms with Gasteiger partial charge in [0.25, 0.3) is 0 Å². The van der Waals surface area contributed by atoms with Crippen LogP contribution in [0.2, 0.25) is 0 Å². The fraction of sp³-hybridized carbons (Fsp3) is 0.524. The number of benzene rings is 1. The summed E-state index contributed by atoms with van der Waals surface area (Å²) in [7, 11) is 0. The van der Waals surface area contributed by atoms with Gasteiger partial charge in [0.05, 0.1) is 0 Å². The Balaban J connectivity index is 2.01. The predicted molar refractivity (Wildman–Crippen MR) is 91.5 cm³/mol. The number of hydrogen-bond acceptors (Lipinski definition) is 0. The number of allylic oxidation sites excluding steroid dienone is 4. The van der Waals surface area contributed by atoms with Gasteiger partial charge in [-0.1, -0.05) is 68.8 Å². The van der Waals surface area contributed by atoms with Crippen LogP contribution >= 0.6 is 0 Å². The maximum absolute atomic E-state index is 2.52. The van der Waals surface area contributed by atoms with Crippen LogP contribution in [0.5, 0.6) is 0 Å². The zero-order chi connectivity index (χ0) is 14.9. The zero-order valence-corrected chi connectivity index (χ0v) is 13.7. The van der Waals surface area contributed by atoms with Crippen molar-refractivity contribution in [1.82, 2.24) is 0 Å². The second-order valence-corrected chi connectivity index (χ2v) is 7.41. The second-order valence-electron chi connectivity index (χ2n) is 7.41. The first-order valence-electron chi connectivity index (χ1n) is 8.49. The van der Waals surface area contributed by atoms with Crippen LogP contribution in [0.25, 0.3) is 0 Å². The van der Waals surface area contributed by atoms with Crippen LogP contribution in [0.15, 0.2) is 48.6 Å². The molecule has 0 radical (unpaired) electrons. The Morgan fingerprint density at radius 3 is 2.71 bits per heavy atom. The van der Waals surface area contributed by atoms with Crippen molar-refractivity contribution < 1.29 is 0 Å². The summed E-state index contributed by atoms with van der Waals surface area (Å²) >= 11 is 0. The number of fused-ring (bicyclic) bond motifs is 3. The molecule has 112 valence electrons. The third kappa shape index (κ3) is 2.39. The minimum atomic E-state index is 0.347. The summed E-state index contributed by atoms with van der Waals surface area (Å²) < 4.78 is 0. The number of aryl methyl sites for hydroxylation is 1. The molecule has 0 aliphatic heterocycles. The summed E-state index contributed by atoms with van der Waals surface area (Å²) in [6.07, 6.45) is 15.7. The van der Waals surface area contributed by atoms with Crippen molar-refractivity contribution in [3.8, 4) is 0 Å². The van der Waals surface area contributed by atoms with E-state index in [0.29, 0.717) is 10.8 Å². The van der Waals surface area contributed by atoms with E-state index in [1.165, 1.54) is 32.1 Å². The van der Waals surface area contributed by atoms with Crippen LogP contribution < -0.4 is 0 Å². The van der Waals surface area contributed by atoms with Crippen molar-refractivity contribution in [2.75, 3.05) is 0 Å².